The van der Waals surface area contributed by atoms with Crippen molar-refractivity contribution < 1.29 is 14.3 Å². The molecule has 5 heteroatoms. The second-order valence-electron chi connectivity index (χ2n) is 4.95. The number of carbonyl (C=O) groups is 2. The van der Waals surface area contributed by atoms with E-state index in [1.54, 1.807) is 24.3 Å². The van der Waals surface area contributed by atoms with Gasteiger partial charge < -0.3 is 15.4 Å². The van der Waals surface area contributed by atoms with Gasteiger partial charge in [-0.2, -0.15) is 0 Å². The van der Waals surface area contributed by atoms with E-state index in [0.717, 1.165) is 18.5 Å². The van der Waals surface area contributed by atoms with Crippen LogP contribution in [0.4, 0.5) is 5.69 Å². The molecular formula is C15H20N2O3. The number of nitrogens with one attached hydrogen (secondary N) is 2. The molecule has 5 nitrogen and oxygen atoms in total. The van der Waals surface area contributed by atoms with E-state index >= 15 is 0 Å². The van der Waals surface area contributed by atoms with Gasteiger partial charge in [0.15, 0.2) is 0 Å². The number of carbonyl (C=O) groups excluding carboxylic acids is 2. The van der Waals surface area contributed by atoms with Crippen LogP contribution < -0.4 is 10.6 Å². The maximum atomic E-state index is 11.8. The van der Waals surface area contributed by atoms with Crippen molar-refractivity contribution in [2.75, 3.05) is 12.4 Å². The van der Waals surface area contributed by atoms with Crippen LogP contribution >= 0.6 is 0 Å². The molecule has 0 bridgehead atoms. The minimum Gasteiger partial charge on any atom is -0.467 e. The van der Waals surface area contributed by atoms with Crippen LogP contribution in [0.1, 0.15) is 36.5 Å². The van der Waals surface area contributed by atoms with Gasteiger partial charge in [-0.3, -0.25) is 4.79 Å². The smallest absolute Gasteiger partial charge is 0.328 e. The normalized spacial score (nSPS) is 15.3. The lowest BCUT2D eigenvalue weighted by atomic mass is 10.1. The summed E-state index contributed by atoms with van der Waals surface area (Å²) in [6, 6.07) is 7.09. The Morgan fingerprint density at radius 2 is 1.95 bits per heavy atom. The van der Waals surface area contributed by atoms with Gasteiger partial charge in [0.25, 0.3) is 5.91 Å². The average molecular weight is 276 g/mol. The van der Waals surface area contributed by atoms with Crippen LogP contribution in [0.3, 0.4) is 0 Å². The van der Waals surface area contributed by atoms with Crippen LogP contribution in [0.2, 0.25) is 0 Å². The third-order valence-electron chi connectivity index (χ3n) is 3.29. The van der Waals surface area contributed by atoms with Crippen molar-refractivity contribution in [2.45, 2.75) is 38.3 Å². The number of anilines is 1. The summed E-state index contributed by atoms with van der Waals surface area (Å²) >= 11 is 0. The predicted molar refractivity (Wildman–Crippen MR) is 76.6 cm³/mol. The zero-order chi connectivity index (χ0) is 14.5. The summed E-state index contributed by atoms with van der Waals surface area (Å²) in [5.74, 6) is -0.331. The van der Waals surface area contributed by atoms with Crippen LogP contribution in [0.5, 0.6) is 0 Å². The monoisotopic (exact) mass is 276 g/mol. The largest absolute Gasteiger partial charge is 0.467 e. The summed E-state index contributed by atoms with van der Waals surface area (Å²) in [6.07, 6.45) is 2.78. The van der Waals surface area contributed by atoms with Gasteiger partial charge in [-0.15, -0.1) is 0 Å². The van der Waals surface area contributed by atoms with E-state index in [9.17, 15) is 9.59 Å². The highest BCUT2D eigenvalue weighted by molar-refractivity contribution is 5.95. The number of ether oxygens (including phenoxy) is 1. The number of methoxy groups -OCH3 is 1. The van der Waals surface area contributed by atoms with Crippen molar-refractivity contribution in [3.05, 3.63) is 29.8 Å². The standard InChI is InChI=1S/C15H20N2O3/c1-3-13(15(19)20-2)16-11-6-4-10(5-7-11)14(18)17-12-8-9-12/h4-7,12-13,16H,3,8-9H2,1-2H3,(H,17,18). The summed E-state index contributed by atoms with van der Waals surface area (Å²) in [6.45, 7) is 1.91. The fourth-order valence-electron chi connectivity index (χ4n) is 1.89. The minimum absolute atomic E-state index is 0.0425. The quantitative estimate of drug-likeness (QED) is 0.779. The van der Waals surface area contributed by atoms with Crippen LogP contribution in [-0.4, -0.2) is 31.1 Å². The molecule has 1 aliphatic carbocycles. The Bertz CT molecular complexity index is 480. The first-order valence-corrected chi connectivity index (χ1v) is 6.89. The van der Waals surface area contributed by atoms with Crippen molar-refractivity contribution in [2.24, 2.45) is 0 Å². The molecule has 0 radical (unpaired) electrons. The average Bonchev–Trinajstić information content (AvgIpc) is 3.28. The van der Waals surface area contributed by atoms with Crippen molar-refractivity contribution in [1.29, 1.82) is 0 Å². The molecule has 1 fully saturated rings. The third kappa shape index (κ3) is 3.73. The lowest BCUT2D eigenvalue weighted by Crippen LogP contribution is -2.30. The Hall–Kier alpha value is -2.04. The van der Waals surface area contributed by atoms with Crippen LogP contribution in [-0.2, 0) is 9.53 Å². The van der Waals surface area contributed by atoms with Crippen LogP contribution in [0, 0.1) is 0 Å². The summed E-state index contributed by atoms with van der Waals surface area (Å²) in [7, 11) is 1.37. The van der Waals surface area contributed by atoms with E-state index in [1.165, 1.54) is 7.11 Å². The van der Waals surface area contributed by atoms with Crippen molar-refractivity contribution >= 4 is 17.6 Å². The van der Waals surface area contributed by atoms with E-state index in [2.05, 4.69) is 10.6 Å². The summed E-state index contributed by atoms with van der Waals surface area (Å²) in [5.41, 5.74) is 1.43. The fraction of sp³-hybridized carbons (Fsp3) is 0.467. The van der Waals surface area contributed by atoms with Gasteiger partial charge in [0, 0.05) is 17.3 Å². The second kappa shape index (κ2) is 6.41. The van der Waals surface area contributed by atoms with Gasteiger partial charge in [0.05, 0.1) is 7.11 Å². The molecule has 0 aromatic heterocycles. The van der Waals surface area contributed by atoms with E-state index in [-0.39, 0.29) is 17.9 Å². The Morgan fingerprint density at radius 1 is 1.30 bits per heavy atom. The molecule has 0 aliphatic heterocycles. The fourth-order valence-corrected chi connectivity index (χ4v) is 1.89. The molecule has 0 saturated heterocycles. The summed E-state index contributed by atoms with van der Waals surface area (Å²) < 4.78 is 4.72. The Balaban J connectivity index is 1.96. The Labute approximate surface area is 118 Å². The van der Waals surface area contributed by atoms with E-state index in [0.29, 0.717) is 18.0 Å². The maximum absolute atomic E-state index is 11.8. The molecule has 1 amide bonds. The second-order valence-corrected chi connectivity index (χ2v) is 4.95. The zero-order valence-corrected chi connectivity index (χ0v) is 11.8. The maximum Gasteiger partial charge on any atom is 0.328 e. The van der Waals surface area contributed by atoms with Crippen molar-refractivity contribution in [3.8, 4) is 0 Å². The summed E-state index contributed by atoms with van der Waals surface area (Å²) in [5, 5.41) is 6.03. The number of amides is 1. The van der Waals surface area contributed by atoms with Crippen LogP contribution in [0.25, 0.3) is 0 Å². The zero-order valence-electron chi connectivity index (χ0n) is 11.8. The molecule has 1 aromatic carbocycles. The van der Waals surface area contributed by atoms with E-state index in [1.807, 2.05) is 6.92 Å². The molecule has 1 aromatic rings. The first kappa shape index (κ1) is 14.4. The number of hydrogen-bond donors (Lipinski definition) is 2. The van der Waals surface area contributed by atoms with Gasteiger partial charge in [0.1, 0.15) is 6.04 Å². The van der Waals surface area contributed by atoms with Crippen molar-refractivity contribution in [1.82, 2.24) is 5.32 Å². The number of rotatable bonds is 6. The molecule has 1 aliphatic rings. The van der Waals surface area contributed by atoms with Gasteiger partial charge in [-0.25, -0.2) is 4.79 Å². The number of hydrogen-bond acceptors (Lipinski definition) is 4. The molecule has 1 unspecified atom stereocenters. The van der Waals surface area contributed by atoms with Crippen LogP contribution in [0.15, 0.2) is 24.3 Å². The lowest BCUT2D eigenvalue weighted by molar-refractivity contribution is -0.141. The first-order valence-electron chi connectivity index (χ1n) is 6.89. The molecule has 2 N–H and O–H groups in total. The SMILES string of the molecule is CCC(Nc1ccc(C(=O)NC2CC2)cc1)C(=O)OC. The molecule has 20 heavy (non-hydrogen) atoms. The van der Waals surface area contributed by atoms with Gasteiger partial charge in [-0.1, -0.05) is 6.92 Å². The molecule has 0 heterocycles. The summed E-state index contributed by atoms with van der Waals surface area (Å²) in [4.78, 5) is 23.3. The molecule has 1 atom stereocenters. The van der Waals surface area contributed by atoms with E-state index < -0.39 is 0 Å². The Kier molecular flexibility index (Phi) is 4.61. The number of esters is 1. The highest BCUT2D eigenvalue weighted by Gasteiger charge is 2.23. The predicted octanol–water partition coefficient (Wildman–Crippen LogP) is 1.94. The van der Waals surface area contributed by atoms with Crippen molar-refractivity contribution in [3.63, 3.8) is 0 Å². The Morgan fingerprint density at radius 3 is 2.45 bits per heavy atom. The number of benzene rings is 1. The third-order valence-corrected chi connectivity index (χ3v) is 3.29. The minimum atomic E-state index is -0.369. The van der Waals surface area contributed by atoms with Gasteiger partial charge >= 0.3 is 5.97 Å². The first-order chi connectivity index (χ1) is 9.63. The highest BCUT2D eigenvalue weighted by atomic mass is 16.5. The van der Waals surface area contributed by atoms with Gasteiger partial charge in [-0.05, 0) is 43.5 Å². The molecule has 2 rings (SSSR count). The molecule has 1 saturated carbocycles. The van der Waals surface area contributed by atoms with Gasteiger partial charge in [0.2, 0.25) is 0 Å². The van der Waals surface area contributed by atoms with E-state index in [4.69, 9.17) is 4.74 Å². The molecule has 0 spiro atoms. The highest BCUT2D eigenvalue weighted by Crippen LogP contribution is 2.20. The molecular weight excluding hydrogens is 256 g/mol. The molecule has 108 valence electrons. The topological polar surface area (TPSA) is 67.4 Å². The lowest BCUT2D eigenvalue weighted by Gasteiger charge is -2.15.